The van der Waals surface area contributed by atoms with E-state index in [1.807, 2.05) is 59.0 Å². The molecule has 2 aromatic carbocycles. The van der Waals surface area contributed by atoms with Crippen LogP contribution >= 0.6 is 0 Å². The molecule has 0 aliphatic heterocycles. The number of nitrogens with zero attached hydrogens (tertiary/aromatic N) is 2. The van der Waals surface area contributed by atoms with Crippen LogP contribution in [0.4, 0.5) is 0 Å². The summed E-state index contributed by atoms with van der Waals surface area (Å²) in [5.41, 5.74) is 3.08. The number of esters is 1. The van der Waals surface area contributed by atoms with E-state index < -0.39 is 5.97 Å². The van der Waals surface area contributed by atoms with Crippen LogP contribution in [-0.4, -0.2) is 22.0 Å². The molecule has 2 aromatic heterocycles. The molecule has 2 heterocycles. The summed E-state index contributed by atoms with van der Waals surface area (Å²) < 4.78 is 12.8. The summed E-state index contributed by atoms with van der Waals surface area (Å²) in [5, 5.41) is 0. The van der Waals surface area contributed by atoms with Crippen LogP contribution in [0.5, 0.6) is 0 Å². The van der Waals surface area contributed by atoms with Crippen molar-refractivity contribution in [1.29, 1.82) is 0 Å². The minimum absolute atomic E-state index is 0.196. The predicted octanol–water partition coefficient (Wildman–Crippen LogP) is 3.92. The van der Waals surface area contributed by atoms with Crippen molar-refractivity contribution in [1.82, 2.24) is 9.38 Å². The Morgan fingerprint density at radius 3 is 2.65 bits per heavy atom. The van der Waals surface area contributed by atoms with Gasteiger partial charge in [0.15, 0.2) is 5.58 Å². The number of hydrogen-bond donors (Lipinski definition) is 0. The second-order valence-corrected chi connectivity index (χ2v) is 5.08. The Bertz CT molecular complexity index is 999. The largest absolute Gasteiger partial charge is 0.461 e. The monoisotopic (exact) mass is 306 g/mol. The minimum atomic E-state index is -0.480. The third kappa shape index (κ3) is 2.09. The Labute approximate surface area is 132 Å². The molecule has 4 aromatic rings. The molecule has 4 rings (SSSR count). The van der Waals surface area contributed by atoms with Gasteiger partial charge in [0.25, 0.3) is 0 Å². The number of rotatable bonds is 3. The van der Waals surface area contributed by atoms with Crippen LogP contribution in [0, 0.1) is 0 Å². The molecule has 114 valence electrons. The molecular formula is C18H14N2O3. The molecular weight excluding hydrogens is 292 g/mol. The lowest BCUT2D eigenvalue weighted by Crippen LogP contribution is -2.05. The van der Waals surface area contributed by atoms with Crippen molar-refractivity contribution in [3.8, 4) is 11.4 Å². The molecule has 23 heavy (non-hydrogen) atoms. The third-order valence-electron chi connectivity index (χ3n) is 3.65. The first-order valence-corrected chi connectivity index (χ1v) is 7.42. The highest BCUT2D eigenvalue weighted by Crippen LogP contribution is 2.30. The molecule has 0 saturated carbocycles. The van der Waals surface area contributed by atoms with E-state index in [0.717, 1.165) is 11.1 Å². The fourth-order valence-electron chi connectivity index (χ4n) is 2.67. The zero-order valence-corrected chi connectivity index (χ0v) is 12.5. The van der Waals surface area contributed by atoms with Crippen molar-refractivity contribution in [2.75, 3.05) is 6.61 Å². The molecule has 0 spiro atoms. The molecule has 0 fully saturated rings. The summed E-state index contributed by atoms with van der Waals surface area (Å²) in [7, 11) is 0. The van der Waals surface area contributed by atoms with Gasteiger partial charge in [0.1, 0.15) is 5.82 Å². The molecule has 0 N–H and O–H groups in total. The minimum Gasteiger partial charge on any atom is -0.461 e. The molecule has 5 heteroatoms. The maximum absolute atomic E-state index is 12.2. The maximum atomic E-state index is 12.2. The quantitative estimate of drug-likeness (QED) is 0.538. The number of aromatic nitrogens is 2. The first-order valence-electron chi connectivity index (χ1n) is 7.42. The van der Waals surface area contributed by atoms with Crippen LogP contribution in [0.3, 0.4) is 0 Å². The van der Waals surface area contributed by atoms with Crippen LogP contribution in [0.15, 0.2) is 59.0 Å². The number of oxazole rings is 1. The molecule has 0 radical (unpaired) electrons. The van der Waals surface area contributed by atoms with E-state index in [1.165, 1.54) is 0 Å². The topological polar surface area (TPSA) is 56.7 Å². The van der Waals surface area contributed by atoms with Crippen molar-refractivity contribution in [2.45, 2.75) is 6.92 Å². The molecule has 0 aliphatic carbocycles. The van der Waals surface area contributed by atoms with E-state index in [-0.39, 0.29) is 5.69 Å². The van der Waals surface area contributed by atoms with Crippen LogP contribution in [0.25, 0.3) is 28.2 Å². The van der Waals surface area contributed by atoms with E-state index in [4.69, 9.17) is 9.15 Å². The third-order valence-corrected chi connectivity index (χ3v) is 3.65. The van der Waals surface area contributed by atoms with E-state index >= 15 is 0 Å². The highest BCUT2D eigenvalue weighted by atomic mass is 16.5. The highest BCUT2D eigenvalue weighted by Gasteiger charge is 2.24. The van der Waals surface area contributed by atoms with Gasteiger partial charge in [-0.25, -0.2) is 9.78 Å². The van der Waals surface area contributed by atoms with Crippen LogP contribution in [-0.2, 0) is 4.74 Å². The number of carbonyl (C=O) groups excluding carboxylic acids is 1. The van der Waals surface area contributed by atoms with Crippen LogP contribution in [0.1, 0.15) is 17.4 Å². The highest BCUT2D eigenvalue weighted by molar-refractivity contribution is 5.97. The average Bonchev–Trinajstić information content (AvgIpc) is 3.13. The lowest BCUT2D eigenvalue weighted by Gasteiger charge is -1.98. The number of ether oxygens (including phenoxy) is 1. The lowest BCUT2D eigenvalue weighted by atomic mass is 10.2. The van der Waals surface area contributed by atoms with Gasteiger partial charge in [-0.15, -0.1) is 0 Å². The summed E-state index contributed by atoms with van der Waals surface area (Å²) in [6.07, 6.45) is 0. The Balaban J connectivity index is 2.07. The number of para-hydroxylation sites is 2. The number of imidazole rings is 1. The standard InChI is InChI=1S/C18H14N2O3/c1-2-22-18(21)15-17-20(13-10-6-7-11-14(13)23-17)16(19-15)12-8-4-3-5-9-12/h3-11H,2H2,1H3. The zero-order chi connectivity index (χ0) is 15.8. The van der Waals surface area contributed by atoms with E-state index in [9.17, 15) is 4.79 Å². The average molecular weight is 306 g/mol. The lowest BCUT2D eigenvalue weighted by molar-refractivity contribution is 0.0521. The Kier molecular flexibility index (Phi) is 3.12. The smallest absolute Gasteiger partial charge is 0.362 e. The molecule has 0 bridgehead atoms. The van der Waals surface area contributed by atoms with Crippen molar-refractivity contribution in [3.05, 3.63) is 60.3 Å². The van der Waals surface area contributed by atoms with E-state index in [0.29, 0.717) is 23.7 Å². The molecule has 5 nitrogen and oxygen atoms in total. The van der Waals surface area contributed by atoms with Crippen LogP contribution < -0.4 is 0 Å². The fraction of sp³-hybridized carbons (Fsp3) is 0.111. The number of hydrogen-bond acceptors (Lipinski definition) is 4. The number of fused-ring (bicyclic) bond motifs is 3. The van der Waals surface area contributed by atoms with Crippen molar-refractivity contribution in [2.24, 2.45) is 0 Å². The van der Waals surface area contributed by atoms with Crippen molar-refractivity contribution in [3.63, 3.8) is 0 Å². The first-order chi connectivity index (χ1) is 11.3. The Morgan fingerprint density at radius 2 is 1.87 bits per heavy atom. The summed E-state index contributed by atoms with van der Waals surface area (Å²) >= 11 is 0. The van der Waals surface area contributed by atoms with Gasteiger partial charge in [-0.2, -0.15) is 0 Å². The zero-order valence-electron chi connectivity index (χ0n) is 12.5. The van der Waals surface area contributed by atoms with Gasteiger partial charge >= 0.3 is 5.97 Å². The molecule has 0 unspecified atom stereocenters. The second-order valence-electron chi connectivity index (χ2n) is 5.08. The van der Waals surface area contributed by atoms with Gasteiger partial charge in [0.2, 0.25) is 11.4 Å². The fourth-order valence-corrected chi connectivity index (χ4v) is 2.67. The van der Waals surface area contributed by atoms with Gasteiger partial charge in [-0.05, 0) is 19.1 Å². The van der Waals surface area contributed by atoms with Gasteiger partial charge < -0.3 is 9.15 Å². The summed E-state index contributed by atoms with van der Waals surface area (Å²) in [4.78, 5) is 16.7. The molecule has 0 amide bonds. The summed E-state index contributed by atoms with van der Waals surface area (Å²) in [5.74, 6) is 0.180. The Morgan fingerprint density at radius 1 is 1.13 bits per heavy atom. The second kappa shape index (κ2) is 5.28. The molecule has 0 aliphatic rings. The SMILES string of the molecule is CCOC(=O)c1nc(-c2ccccc2)n2c1oc1ccccc12. The first kappa shape index (κ1) is 13.6. The van der Waals surface area contributed by atoms with E-state index in [2.05, 4.69) is 4.98 Å². The normalized spacial score (nSPS) is 11.2. The summed E-state index contributed by atoms with van der Waals surface area (Å²) in [6, 6.07) is 17.3. The van der Waals surface area contributed by atoms with Gasteiger partial charge in [-0.3, -0.25) is 4.40 Å². The van der Waals surface area contributed by atoms with Gasteiger partial charge in [0, 0.05) is 5.56 Å². The van der Waals surface area contributed by atoms with E-state index in [1.54, 1.807) is 6.92 Å². The molecule has 0 atom stereocenters. The molecule has 0 saturated heterocycles. The van der Waals surface area contributed by atoms with Gasteiger partial charge in [-0.1, -0.05) is 42.5 Å². The maximum Gasteiger partial charge on any atom is 0.362 e. The number of benzene rings is 2. The Hall–Kier alpha value is -3.08. The van der Waals surface area contributed by atoms with Gasteiger partial charge in [0.05, 0.1) is 12.1 Å². The van der Waals surface area contributed by atoms with Crippen LogP contribution in [0.2, 0.25) is 0 Å². The number of carbonyl (C=O) groups is 1. The predicted molar refractivity (Wildman–Crippen MR) is 86.4 cm³/mol. The summed E-state index contributed by atoms with van der Waals surface area (Å²) in [6.45, 7) is 2.06. The van der Waals surface area contributed by atoms with Crippen molar-refractivity contribution >= 4 is 22.8 Å². The van der Waals surface area contributed by atoms with Crippen molar-refractivity contribution < 1.29 is 13.9 Å².